The number of aliphatic carboxylic acids is 1. The summed E-state index contributed by atoms with van der Waals surface area (Å²) in [4.78, 5) is 37.4. The van der Waals surface area contributed by atoms with Gasteiger partial charge in [-0.05, 0) is 76.7 Å². The summed E-state index contributed by atoms with van der Waals surface area (Å²) in [5.41, 5.74) is 0.147. The van der Waals surface area contributed by atoms with Gasteiger partial charge in [-0.25, -0.2) is 4.39 Å². The van der Waals surface area contributed by atoms with Crippen LogP contribution in [0.1, 0.15) is 69.2 Å². The van der Waals surface area contributed by atoms with Crippen molar-refractivity contribution in [2.75, 3.05) is 7.11 Å². The molecule has 0 aliphatic heterocycles. The number of carboxylic acid groups (broad SMARTS) is 1. The fourth-order valence-corrected chi connectivity index (χ4v) is 6.07. The molecule has 1 aromatic rings. The third-order valence-electron chi connectivity index (χ3n) is 7.76. The molecule has 3 saturated carbocycles. The summed E-state index contributed by atoms with van der Waals surface area (Å²) in [6.45, 7) is 3.83. The van der Waals surface area contributed by atoms with Crippen molar-refractivity contribution < 1.29 is 33.4 Å². The number of halogens is 1. The SMILES string of the molecule is COc1cc(F)c(OC2CCC(C(=O)O)CC2)cc1C(=O)NC1C2CCC(C2)C1C(=O)NC(C)C. The van der Waals surface area contributed by atoms with Crippen LogP contribution in [0.3, 0.4) is 0 Å². The molecule has 4 rings (SSSR count). The summed E-state index contributed by atoms with van der Waals surface area (Å²) in [5.74, 6) is -2.11. The molecule has 192 valence electrons. The molecular formula is C26H35FN2O6. The topological polar surface area (TPSA) is 114 Å². The Morgan fingerprint density at radius 2 is 1.71 bits per heavy atom. The normalized spacial score (nSPS) is 29.6. The van der Waals surface area contributed by atoms with Crippen LogP contribution in [0.5, 0.6) is 11.5 Å². The number of rotatable bonds is 8. The van der Waals surface area contributed by atoms with Gasteiger partial charge < -0.3 is 25.2 Å². The van der Waals surface area contributed by atoms with Crippen molar-refractivity contribution in [3.8, 4) is 11.5 Å². The van der Waals surface area contributed by atoms with Crippen LogP contribution in [-0.4, -0.2) is 48.2 Å². The van der Waals surface area contributed by atoms with Gasteiger partial charge in [0.25, 0.3) is 5.91 Å². The molecule has 0 spiro atoms. The van der Waals surface area contributed by atoms with E-state index in [0.717, 1.165) is 25.3 Å². The summed E-state index contributed by atoms with van der Waals surface area (Å²) < 4.78 is 25.9. The predicted octanol–water partition coefficient (Wildman–Crippen LogP) is 3.53. The van der Waals surface area contributed by atoms with Crippen LogP contribution < -0.4 is 20.1 Å². The second-order valence-corrected chi connectivity index (χ2v) is 10.4. The number of carbonyl (C=O) groups is 3. The van der Waals surface area contributed by atoms with Gasteiger partial charge in [-0.1, -0.05) is 0 Å². The Bertz CT molecular complexity index is 975. The highest BCUT2D eigenvalue weighted by atomic mass is 19.1. The number of ether oxygens (including phenoxy) is 2. The van der Waals surface area contributed by atoms with Gasteiger partial charge in [-0.2, -0.15) is 0 Å². The molecule has 0 radical (unpaired) electrons. The maximum absolute atomic E-state index is 14.8. The van der Waals surface area contributed by atoms with E-state index in [9.17, 15) is 23.9 Å². The molecule has 0 aromatic heterocycles. The Labute approximate surface area is 204 Å². The quantitative estimate of drug-likeness (QED) is 0.514. The van der Waals surface area contributed by atoms with E-state index in [1.54, 1.807) is 0 Å². The lowest BCUT2D eigenvalue weighted by Gasteiger charge is -2.31. The maximum atomic E-state index is 14.8. The Morgan fingerprint density at radius 1 is 1.03 bits per heavy atom. The van der Waals surface area contributed by atoms with Crippen LogP contribution >= 0.6 is 0 Å². The zero-order chi connectivity index (χ0) is 25.3. The van der Waals surface area contributed by atoms with Crippen LogP contribution in [-0.2, 0) is 9.59 Å². The third kappa shape index (κ3) is 5.38. The van der Waals surface area contributed by atoms with Gasteiger partial charge in [0.15, 0.2) is 11.6 Å². The van der Waals surface area contributed by atoms with E-state index in [2.05, 4.69) is 10.6 Å². The molecule has 3 N–H and O–H groups in total. The molecule has 0 heterocycles. The van der Waals surface area contributed by atoms with Crippen molar-refractivity contribution in [3.63, 3.8) is 0 Å². The monoisotopic (exact) mass is 490 g/mol. The largest absolute Gasteiger partial charge is 0.496 e. The number of nitrogens with one attached hydrogen (secondary N) is 2. The van der Waals surface area contributed by atoms with Gasteiger partial charge in [0, 0.05) is 18.2 Å². The van der Waals surface area contributed by atoms with Gasteiger partial charge >= 0.3 is 5.97 Å². The van der Waals surface area contributed by atoms with Crippen molar-refractivity contribution >= 4 is 17.8 Å². The third-order valence-corrected chi connectivity index (χ3v) is 7.76. The highest BCUT2D eigenvalue weighted by Gasteiger charge is 2.51. The molecule has 2 bridgehead atoms. The second-order valence-electron chi connectivity index (χ2n) is 10.4. The van der Waals surface area contributed by atoms with E-state index in [1.165, 1.54) is 13.2 Å². The number of carbonyl (C=O) groups excluding carboxylic acids is 2. The van der Waals surface area contributed by atoms with Gasteiger partial charge in [-0.3, -0.25) is 14.4 Å². The molecule has 3 fully saturated rings. The van der Waals surface area contributed by atoms with Gasteiger partial charge in [-0.15, -0.1) is 0 Å². The lowest BCUT2D eigenvalue weighted by molar-refractivity contribution is -0.143. The first kappa shape index (κ1) is 25.3. The molecule has 3 aliphatic rings. The summed E-state index contributed by atoms with van der Waals surface area (Å²) in [5, 5.41) is 15.2. The molecule has 8 nitrogen and oxygen atoms in total. The molecule has 3 aliphatic carbocycles. The summed E-state index contributed by atoms with van der Waals surface area (Å²) in [7, 11) is 1.37. The number of amides is 2. The minimum absolute atomic E-state index is 0.0143. The first-order chi connectivity index (χ1) is 16.7. The Balaban J connectivity index is 1.50. The lowest BCUT2D eigenvalue weighted by Crippen LogP contribution is -2.50. The molecule has 35 heavy (non-hydrogen) atoms. The Morgan fingerprint density at radius 3 is 2.34 bits per heavy atom. The lowest BCUT2D eigenvalue weighted by atomic mass is 9.83. The fraction of sp³-hybridized carbons (Fsp3) is 0.654. The van der Waals surface area contributed by atoms with Gasteiger partial charge in [0.05, 0.1) is 30.6 Å². The minimum atomic E-state index is -0.820. The molecule has 2 amide bonds. The van der Waals surface area contributed by atoms with E-state index in [1.807, 2.05) is 13.8 Å². The average Bonchev–Trinajstić information content (AvgIpc) is 3.41. The van der Waals surface area contributed by atoms with Crippen LogP contribution in [0, 0.1) is 29.5 Å². The number of methoxy groups -OCH3 is 1. The van der Waals surface area contributed by atoms with Crippen molar-refractivity contribution in [3.05, 3.63) is 23.5 Å². The van der Waals surface area contributed by atoms with E-state index in [0.29, 0.717) is 25.7 Å². The number of carboxylic acids is 1. The number of fused-ring (bicyclic) bond motifs is 2. The van der Waals surface area contributed by atoms with Gasteiger partial charge in [0.1, 0.15) is 5.75 Å². The highest BCUT2D eigenvalue weighted by molar-refractivity contribution is 5.98. The second kappa shape index (κ2) is 10.4. The predicted molar refractivity (Wildman–Crippen MR) is 126 cm³/mol. The summed E-state index contributed by atoms with van der Waals surface area (Å²) >= 11 is 0. The molecule has 4 unspecified atom stereocenters. The smallest absolute Gasteiger partial charge is 0.306 e. The molecule has 0 saturated heterocycles. The van der Waals surface area contributed by atoms with Crippen LogP contribution in [0.15, 0.2) is 12.1 Å². The first-order valence-corrected chi connectivity index (χ1v) is 12.6. The van der Waals surface area contributed by atoms with E-state index in [4.69, 9.17) is 9.47 Å². The number of benzene rings is 1. The van der Waals surface area contributed by atoms with Crippen molar-refractivity contribution in [2.45, 2.75) is 77.0 Å². The maximum Gasteiger partial charge on any atom is 0.306 e. The van der Waals surface area contributed by atoms with E-state index in [-0.39, 0.29) is 58.9 Å². The number of hydrogen-bond acceptors (Lipinski definition) is 5. The zero-order valence-corrected chi connectivity index (χ0v) is 20.5. The van der Waals surface area contributed by atoms with E-state index >= 15 is 0 Å². The molecule has 1 aromatic carbocycles. The zero-order valence-electron chi connectivity index (χ0n) is 20.5. The summed E-state index contributed by atoms with van der Waals surface area (Å²) in [6, 6.07) is 2.21. The average molecular weight is 491 g/mol. The highest BCUT2D eigenvalue weighted by Crippen LogP contribution is 2.49. The minimum Gasteiger partial charge on any atom is -0.496 e. The Hall–Kier alpha value is -2.84. The fourth-order valence-electron chi connectivity index (χ4n) is 6.07. The molecule has 4 atom stereocenters. The van der Waals surface area contributed by atoms with Crippen molar-refractivity contribution in [2.24, 2.45) is 23.7 Å². The standard InChI is InChI=1S/C26H35FN2O6/c1-13(2)28-25(31)22-15-4-5-16(10-15)23(22)29-24(30)18-11-21(19(27)12-20(18)34-3)35-17-8-6-14(7-9-17)26(32)33/h11-17,22-23H,4-10H2,1-3H3,(H,28,31)(H,29,30)(H,32,33). The van der Waals surface area contributed by atoms with Crippen LogP contribution in [0.25, 0.3) is 0 Å². The van der Waals surface area contributed by atoms with E-state index < -0.39 is 23.6 Å². The van der Waals surface area contributed by atoms with Crippen molar-refractivity contribution in [1.29, 1.82) is 0 Å². The molecular weight excluding hydrogens is 455 g/mol. The number of hydrogen-bond donors (Lipinski definition) is 3. The Kier molecular flexibility index (Phi) is 7.52. The van der Waals surface area contributed by atoms with Crippen LogP contribution in [0.4, 0.5) is 4.39 Å². The summed E-state index contributed by atoms with van der Waals surface area (Å²) in [6.07, 6.45) is 4.48. The van der Waals surface area contributed by atoms with Crippen LogP contribution in [0.2, 0.25) is 0 Å². The molecule has 9 heteroatoms. The van der Waals surface area contributed by atoms with Gasteiger partial charge in [0.2, 0.25) is 5.91 Å². The first-order valence-electron chi connectivity index (χ1n) is 12.6. The van der Waals surface area contributed by atoms with Crippen molar-refractivity contribution in [1.82, 2.24) is 10.6 Å².